The topological polar surface area (TPSA) is 66.9 Å². The van der Waals surface area contributed by atoms with Crippen LogP contribution in [0.5, 0.6) is 0 Å². The number of benzene rings is 1. The minimum Gasteiger partial charge on any atom is -0.287 e. The van der Waals surface area contributed by atoms with E-state index in [1.807, 2.05) is 37.0 Å². The SMILES string of the molecule is Cc1cccc(C)c1Nn1c(F)cc(=O)[nH]c1=O. The van der Waals surface area contributed by atoms with Crippen molar-refractivity contribution in [3.8, 4) is 0 Å². The van der Waals surface area contributed by atoms with Crippen molar-refractivity contribution in [3.05, 3.63) is 62.2 Å². The highest BCUT2D eigenvalue weighted by Gasteiger charge is 2.08. The molecule has 0 bridgehead atoms. The minimum absolute atomic E-state index is 0.630. The maximum atomic E-state index is 13.5. The molecule has 94 valence electrons. The van der Waals surface area contributed by atoms with Crippen molar-refractivity contribution in [1.29, 1.82) is 0 Å². The highest BCUT2D eigenvalue weighted by molar-refractivity contribution is 5.56. The Morgan fingerprint density at radius 1 is 1.22 bits per heavy atom. The van der Waals surface area contributed by atoms with E-state index in [1.54, 1.807) is 0 Å². The zero-order chi connectivity index (χ0) is 13.3. The Labute approximate surface area is 102 Å². The smallest absolute Gasteiger partial charge is 0.287 e. The highest BCUT2D eigenvalue weighted by atomic mass is 19.1. The van der Waals surface area contributed by atoms with Crippen molar-refractivity contribution in [2.75, 3.05) is 5.43 Å². The Kier molecular flexibility index (Phi) is 3.01. The number of halogens is 1. The number of anilines is 1. The van der Waals surface area contributed by atoms with Crippen LogP contribution < -0.4 is 16.7 Å². The van der Waals surface area contributed by atoms with Crippen molar-refractivity contribution in [3.63, 3.8) is 0 Å². The van der Waals surface area contributed by atoms with Gasteiger partial charge in [-0.25, -0.2) is 4.79 Å². The second-order valence-corrected chi connectivity index (χ2v) is 3.98. The van der Waals surface area contributed by atoms with E-state index in [9.17, 15) is 14.0 Å². The minimum atomic E-state index is -0.939. The van der Waals surface area contributed by atoms with Gasteiger partial charge >= 0.3 is 5.69 Å². The number of nitrogens with one attached hydrogen (secondary N) is 2. The molecular weight excluding hydrogens is 237 g/mol. The number of rotatable bonds is 2. The first-order valence-corrected chi connectivity index (χ1v) is 5.34. The van der Waals surface area contributed by atoms with Crippen molar-refractivity contribution in [2.45, 2.75) is 13.8 Å². The molecule has 2 rings (SSSR count). The predicted molar refractivity (Wildman–Crippen MR) is 66.2 cm³/mol. The lowest BCUT2D eigenvalue weighted by atomic mass is 10.1. The van der Waals surface area contributed by atoms with Gasteiger partial charge in [-0.2, -0.15) is 9.07 Å². The van der Waals surface area contributed by atoms with Gasteiger partial charge in [0, 0.05) is 0 Å². The monoisotopic (exact) mass is 249 g/mol. The molecule has 0 saturated heterocycles. The first-order valence-electron chi connectivity index (χ1n) is 5.34. The van der Waals surface area contributed by atoms with Gasteiger partial charge in [0.1, 0.15) is 0 Å². The molecule has 1 aromatic carbocycles. The summed E-state index contributed by atoms with van der Waals surface area (Å²) in [7, 11) is 0. The number of hydrogen-bond donors (Lipinski definition) is 2. The van der Waals surface area contributed by atoms with Crippen molar-refractivity contribution in [2.24, 2.45) is 0 Å². The van der Waals surface area contributed by atoms with Crippen molar-refractivity contribution >= 4 is 5.69 Å². The quantitative estimate of drug-likeness (QED) is 0.785. The molecule has 0 amide bonds. The number of nitrogens with zero attached hydrogens (tertiary/aromatic N) is 1. The second kappa shape index (κ2) is 4.48. The van der Waals surface area contributed by atoms with Gasteiger partial charge in [0.25, 0.3) is 5.56 Å². The highest BCUT2D eigenvalue weighted by Crippen LogP contribution is 2.19. The molecule has 0 aliphatic rings. The third kappa shape index (κ3) is 2.17. The first kappa shape index (κ1) is 12.1. The van der Waals surface area contributed by atoms with Crippen LogP contribution >= 0.6 is 0 Å². The Morgan fingerprint density at radius 3 is 2.39 bits per heavy atom. The second-order valence-electron chi connectivity index (χ2n) is 3.98. The Bertz CT molecular complexity index is 683. The summed E-state index contributed by atoms with van der Waals surface area (Å²) in [5.41, 5.74) is 3.42. The van der Waals surface area contributed by atoms with Gasteiger partial charge in [-0.3, -0.25) is 15.2 Å². The van der Waals surface area contributed by atoms with E-state index in [0.717, 1.165) is 11.1 Å². The molecule has 2 N–H and O–H groups in total. The first-order chi connectivity index (χ1) is 8.49. The van der Waals surface area contributed by atoms with E-state index in [1.165, 1.54) is 0 Å². The number of para-hydroxylation sites is 1. The van der Waals surface area contributed by atoms with Crippen LogP contribution in [0.2, 0.25) is 0 Å². The normalized spacial score (nSPS) is 10.4. The summed E-state index contributed by atoms with van der Waals surface area (Å²) in [5, 5.41) is 0. The summed E-state index contributed by atoms with van der Waals surface area (Å²) < 4.78 is 14.2. The summed E-state index contributed by atoms with van der Waals surface area (Å²) in [6.45, 7) is 3.67. The van der Waals surface area contributed by atoms with Crippen LogP contribution in [-0.2, 0) is 0 Å². The van der Waals surface area contributed by atoms with E-state index in [-0.39, 0.29) is 0 Å². The number of aromatic nitrogens is 2. The van der Waals surface area contributed by atoms with Crippen LogP contribution in [0, 0.1) is 19.8 Å². The molecule has 0 atom stereocenters. The predicted octanol–water partition coefficient (Wildman–Crippen LogP) is 1.17. The summed E-state index contributed by atoms with van der Waals surface area (Å²) in [6.07, 6.45) is 0. The summed E-state index contributed by atoms with van der Waals surface area (Å²) in [5.74, 6) is -0.939. The fraction of sp³-hybridized carbons (Fsp3) is 0.167. The van der Waals surface area contributed by atoms with Gasteiger partial charge in [0.2, 0.25) is 5.95 Å². The van der Waals surface area contributed by atoms with Gasteiger partial charge in [-0.15, -0.1) is 0 Å². The van der Waals surface area contributed by atoms with Gasteiger partial charge < -0.3 is 0 Å². The van der Waals surface area contributed by atoms with Crippen molar-refractivity contribution < 1.29 is 4.39 Å². The Hall–Kier alpha value is -2.37. The average Bonchev–Trinajstić information content (AvgIpc) is 2.26. The maximum Gasteiger partial charge on any atom is 0.349 e. The lowest BCUT2D eigenvalue weighted by Gasteiger charge is -2.14. The lowest BCUT2D eigenvalue weighted by Crippen LogP contribution is -2.36. The van der Waals surface area contributed by atoms with Crippen LogP contribution in [0.3, 0.4) is 0 Å². The summed E-state index contributed by atoms with van der Waals surface area (Å²) in [4.78, 5) is 24.4. The molecule has 0 saturated carbocycles. The third-order valence-corrected chi connectivity index (χ3v) is 2.60. The molecule has 0 radical (unpaired) electrons. The van der Waals surface area contributed by atoms with E-state index < -0.39 is 17.2 Å². The number of aromatic amines is 1. The lowest BCUT2D eigenvalue weighted by molar-refractivity contribution is 0.514. The molecule has 18 heavy (non-hydrogen) atoms. The van der Waals surface area contributed by atoms with Gasteiger partial charge in [0.05, 0.1) is 11.8 Å². The van der Waals surface area contributed by atoms with Crippen LogP contribution in [0.4, 0.5) is 10.1 Å². The van der Waals surface area contributed by atoms with Gasteiger partial charge in [-0.1, -0.05) is 18.2 Å². The van der Waals surface area contributed by atoms with Crippen molar-refractivity contribution in [1.82, 2.24) is 9.66 Å². The molecule has 0 aliphatic heterocycles. The molecule has 0 fully saturated rings. The molecular formula is C12H12FN3O2. The molecule has 1 aromatic heterocycles. The summed E-state index contributed by atoms with van der Waals surface area (Å²) in [6, 6.07) is 6.25. The van der Waals surface area contributed by atoms with Crippen LogP contribution in [-0.4, -0.2) is 9.66 Å². The van der Waals surface area contributed by atoms with Gasteiger partial charge in [-0.05, 0) is 25.0 Å². The fourth-order valence-electron chi connectivity index (χ4n) is 1.67. The van der Waals surface area contributed by atoms with E-state index in [0.29, 0.717) is 16.4 Å². The number of H-pyrrole nitrogens is 1. The Morgan fingerprint density at radius 2 is 1.83 bits per heavy atom. The fourth-order valence-corrected chi connectivity index (χ4v) is 1.67. The van der Waals surface area contributed by atoms with Crippen LogP contribution in [0.25, 0.3) is 0 Å². The molecule has 5 nitrogen and oxygen atoms in total. The molecule has 0 unspecified atom stereocenters. The van der Waals surface area contributed by atoms with Crippen LogP contribution in [0.15, 0.2) is 33.9 Å². The standard InChI is InChI=1S/C12H12FN3O2/c1-7-4-3-5-8(2)11(7)15-16-9(13)6-10(17)14-12(16)18/h3-6,15H,1-2H3,(H,14,17,18). The Balaban J connectivity index is 2.54. The van der Waals surface area contributed by atoms with Gasteiger partial charge in [0.15, 0.2) is 0 Å². The molecule has 2 aromatic rings. The van der Waals surface area contributed by atoms with E-state index in [4.69, 9.17) is 0 Å². The molecule has 1 heterocycles. The number of hydrogen-bond acceptors (Lipinski definition) is 3. The van der Waals surface area contributed by atoms with E-state index in [2.05, 4.69) is 5.43 Å². The third-order valence-electron chi connectivity index (χ3n) is 2.60. The molecule has 0 aliphatic carbocycles. The van der Waals surface area contributed by atoms with E-state index >= 15 is 0 Å². The molecule has 0 spiro atoms. The summed E-state index contributed by atoms with van der Waals surface area (Å²) >= 11 is 0. The largest absolute Gasteiger partial charge is 0.349 e. The zero-order valence-electron chi connectivity index (χ0n) is 9.95. The number of aryl methyl sites for hydroxylation is 2. The molecule has 6 heteroatoms. The van der Waals surface area contributed by atoms with Crippen LogP contribution in [0.1, 0.15) is 11.1 Å². The zero-order valence-corrected chi connectivity index (χ0v) is 9.95. The average molecular weight is 249 g/mol. The maximum absolute atomic E-state index is 13.5.